The molecular weight excluding hydrogens is 617 g/mol. The van der Waals surface area contributed by atoms with Gasteiger partial charge in [0, 0.05) is 32.7 Å². The van der Waals surface area contributed by atoms with Crippen molar-refractivity contribution in [2.75, 3.05) is 17.7 Å². The molecule has 0 aliphatic rings. The van der Waals surface area contributed by atoms with Gasteiger partial charge in [0.2, 0.25) is 5.91 Å². The van der Waals surface area contributed by atoms with Crippen LogP contribution in [0.1, 0.15) is 28.4 Å². The number of rotatable bonds is 11. The van der Waals surface area contributed by atoms with Crippen LogP contribution in [0.25, 0.3) is 17.3 Å². The summed E-state index contributed by atoms with van der Waals surface area (Å²) >= 11 is 2.73. The highest BCUT2D eigenvalue weighted by molar-refractivity contribution is 8.00. The molecule has 0 saturated heterocycles. The molecule has 0 bridgehead atoms. The number of carbonyl (C=O) groups excluding carboxylic acids is 3. The molecule has 1 atom stereocenters. The minimum atomic E-state index is -0.517. The van der Waals surface area contributed by atoms with Crippen LogP contribution in [-0.4, -0.2) is 35.1 Å². The van der Waals surface area contributed by atoms with Crippen molar-refractivity contribution in [2.45, 2.75) is 24.0 Å². The van der Waals surface area contributed by atoms with Gasteiger partial charge in [-0.1, -0.05) is 72.3 Å². The van der Waals surface area contributed by atoms with E-state index < -0.39 is 17.1 Å². The Bertz CT molecular complexity index is 1870. The molecule has 3 N–H and O–H groups in total. The molecule has 1 unspecified atom stereocenters. The van der Waals surface area contributed by atoms with Gasteiger partial charge in [0.05, 0.1) is 18.1 Å². The molecule has 0 saturated carbocycles. The number of benzene rings is 4. The maximum atomic E-state index is 13.5. The second-order valence-electron chi connectivity index (χ2n) is 10.3. The summed E-state index contributed by atoms with van der Waals surface area (Å²) in [6.07, 6.45) is 1.57. The molecule has 3 amide bonds. The molecule has 4 aromatic carbocycles. The van der Waals surface area contributed by atoms with Crippen molar-refractivity contribution in [2.24, 2.45) is 0 Å². The van der Waals surface area contributed by atoms with Gasteiger partial charge in [-0.3, -0.25) is 14.4 Å². The summed E-state index contributed by atoms with van der Waals surface area (Å²) in [6.45, 7) is 3.84. The Morgan fingerprint density at radius 1 is 0.891 bits per heavy atom. The topological polar surface area (TPSA) is 109 Å². The lowest BCUT2D eigenvalue weighted by atomic mass is 10.1. The summed E-state index contributed by atoms with van der Waals surface area (Å²) in [7, 11) is 1.54. The zero-order valence-electron chi connectivity index (χ0n) is 25.4. The Morgan fingerprint density at radius 2 is 1.63 bits per heavy atom. The standard InChI is InChI=1S/C36H32N4O4S2/c1-23-16-18-25(19-17-23)31-22-45-36(39-31)40-33(41)24(2)46-29-14-9-13-28(21-29)37-35(43)30(20-27-12-7-8-15-32(27)44-3)38-34(42)26-10-5-4-6-11-26/h4-22,24H,1-3H3,(H,37,43)(H,38,42)(H,39,40,41)/b30-20+. The Balaban J connectivity index is 1.27. The fourth-order valence-corrected chi connectivity index (χ4v) is 6.03. The number of hydrogen-bond acceptors (Lipinski definition) is 7. The van der Waals surface area contributed by atoms with Crippen molar-refractivity contribution in [3.05, 3.63) is 131 Å². The number of carbonyl (C=O) groups is 3. The molecule has 0 radical (unpaired) electrons. The van der Waals surface area contributed by atoms with Gasteiger partial charge < -0.3 is 20.7 Å². The van der Waals surface area contributed by atoms with E-state index in [2.05, 4.69) is 20.9 Å². The second-order valence-corrected chi connectivity index (χ2v) is 12.5. The van der Waals surface area contributed by atoms with Crippen LogP contribution in [0.2, 0.25) is 0 Å². The van der Waals surface area contributed by atoms with Gasteiger partial charge in [-0.25, -0.2) is 4.98 Å². The first-order valence-corrected chi connectivity index (χ1v) is 16.2. The molecule has 0 fully saturated rings. The van der Waals surface area contributed by atoms with Crippen molar-refractivity contribution in [1.82, 2.24) is 10.3 Å². The predicted octanol–water partition coefficient (Wildman–Crippen LogP) is 7.66. The molecule has 1 aromatic heterocycles. The average molecular weight is 649 g/mol. The monoisotopic (exact) mass is 648 g/mol. The van der Waals surface area contributed by atoms with Crippen LogP contribution in [0.5, 0.6) is 5.75 Å². The van der Waals surface area contributed by atoms with E-state index in [4.69, 9.17) is 4.74 Å². The summed E-state index contributed by atoms with van der Waals surface area (Å²) in [5, 5.41) is 10.5. The maximum Gasteiger partial charge on any atom is 0.272 e. The molecule has 5 aromatic rings. The van der Waals surface area contributed by atoms with Crippen LogP contribution in [0, 0.1) is 6.92 Å². The number of nitrogens with zero attached hydrogens (tertiary/aromatic N) is 1. The summed E-state index contributed by atoms with van der Waals surface area (Å²) in [4.78, 5) is 44.9. The number of hydrogen-bond donors (Lipinski definition) is 3. The Hall–Kier alpha value is -5.19. The lowest BCUT2D eigenvalue weighted by Crippen LogP contribution is -2.30. The molecule has 5 rings (SSSR count). The SMILES string of the molecule is COc1ccccc1/C=C(/NC(=O)c1ccccc1)C(=O)Nc1cccc(SC(C)C(=O)Nc2nc(-c3ccc(C)cc3)cs2)c1. The van der Waals surface area contributed by atoms with Gasteiger partial charge >= 0.3 is 0 Å². The number of nitrogens with one attached hydrogen (secondary N) is 3. The fourth-order valence-electron chi connectivity index (χ4n) is 4.38. The highest BCUT2D eigenvalue weighted by Crippen LogP contribution is 2.29. The lowest BCUT2D eigenvalue weighted by molar-refractivity contribution is -0.115. The molecular formula is C36H32N4O4S2. The zero-order chi connectivity index (χ0) is 32.5. The van der Waals surface area contributed by atoms with E-state index in [-0.39, 0.29) is 11.6 Å². The molecule has 232 valence electrons. The maximum absolute atomic E-state index is 13.5. The van der Waals surface area contributed by atoms with Gasteiger partial charge in [0.1, 0.15) is 11.4 Å². The summed E-state index contributed by atoms with van der Waals surface area (Å²) in [6, 6.07) is 31.1. The number of anilines is 2. The van der Waals surface area contributed by atoms with Gasteiger partial charge in [-0.05, 0) is 56.3 Å². The quantitative estimate of drug-likeness (QED) is 0.100. The van der Waals surface area contributed by atoms with Gasteiger partial charge in [-0.15, -0.1) is 23.1 Å². The third kappa shape index (κ3) is 8.50. The molecule has 0 aliphatic heterocycles. The van der Waals surface area contributed by atoms with Crippen molar-refractivity contribution in [3.63, 3.8) is 0 Å². The Morgan fingerprint density at radius 3 is 2.39 bits per heavy atom. The third-order valence-corrected chi connectivity index (χ3v) is 8.67. The highest BCUT2D eigenvalue weighted by Gasteiger charge is 2.19. The number of aryl methyl sites for hydroxylation is 1. The van der Waals surface area contributed by atoms with E-state index in [1.54, 1.807) is 67.8 Å². The summed E-state index contributed by atoms with van der Waals surface area (Å²) in [5.41, 5.74) is 4.55. The van der Waals surface area contributed by atoms with E-state index in [1.807, 2.05) is 67.8 Å². The molecule has 8 nitrogen and oxygen atoms in total. The van der Waals surface area contributed by atoms with Crippen LogP contribution < -0.4 is 20.7 Å². The van der Waals surface area contributed by atoms with E-state index >= 15 is 0 Å². The minimum absolute atomic E-state index is 0.0395. The number of ether oxygens (including phenoxy) is 1. The Labute approximate surface area is 275 Å². The molecule has 1 heterocycles. The van der Waals surface area contributed by atoms with Crippen molar-refractivity contribution in [1.29, 1.82) is 0 Å². The number of amides is 3. The van der Waals surface area contributed by atoms with Crippen LogP contribution in [-0.2, 0) is 9.59 Å². The Kier molecular flexibility index (Phi) is 10.6. The van der Waals surface area contributed by atoms with Crippen LogP contribution >= 0.6 is 23.1 Å². The number of aromatic nitrogens is 1. The largest absolute Gasteiger partial charge is 0.496 e. The van der Waals surface area contributed by atoms with E-state index in [0.717, 1.165) is 16.2 Å². The fraction of sp³-hybridized carbons (Fsp3) is 0.111. The number of para-hydroxylation sites is 1. The van der Waals surface area contributed by atoms with E-state index in [0.29, 0.717) is 27.7 Å². The summed E-state index contributed by atoms with van der Waals surface area (Å²) < 4.78 is 5.44. The van der Waals surface area contributed by atoms with Crippen LogP contribution in [0.15, 0.2) is 119 Å². The van der Waals surface area contributed by atoms with E-state index in [9.17, 15) is 14.4 Å². The predicted molar refractivity (Wildman–Crippen MR) is 186 cm³/mol. The molecule has 0 spiro atoms. The first-order chi connectivity index (χ1) is 22.3. The van der Waals surface area contributed by atoms with Gasteiger partial charge in [0.25, 0.3) is 11.8 Å². The smallest absolute Gasteiger partial charge is 0.272 e. The molecule has 10 heteroatoms. The second kappa shape index (κ2) is 15.2. The third-order valence-electron chi connectivity index (χ3n) is 6.82. The van der Waals surface area contributed by atoms with Crippen LogP contribution in [0.4, 0.5) is 10.8 Å². The first-order valence-electron chi connectivity index (χ1n) is 14.4. The van der Waals surface area contributed by atoms with E-state index in [1.165, 1.54) is 28.7 Å². The van der Waals surface area contributed by atoms with Crippen molar-refractivity contribution < 1.29 is 19.1 Å². The van der Waals surface area contributed by atoms with Gasteiger partial charge in [0.15, 0.2) is 5.13 Å². The highest BCUT2D eigenvalue weighted by atomic mass is 32.2. The summed E-state index contributed by atoms with van der Waals surface area (Å²) in [5.74, 6) is -0.574. The van der Waals surface area contributed by atoms with Crippen molar-refractivity contribution in [3.8, 4) is 17.0 Å². The number of methoxy groups -OCH3 is 1. The number of thioether (sulfide) groups is 1. The molecule has 0 aliphatic carbocycles. The average Bonchev–Trinajstić information content (AvgIpc) is 3.53. The minimum Gasteiger partial charge on any atom is -0.496 e. The normalized spacial score (nSPS) is 11.8. The van der Waals surface area contributed by atoms with Crippen LogP contribution in [0.3, 0.4) is 0 Å². The number of thiazole rings is 1. The zero-order valence-corrected chi connectivity index (χ0v) is 27.1. The lowest BCUT2D eigenvalue weighted by Gasteiger charge is -2.14. The first kappa shape index (κ1) is 32.2. The molecule has 46 heavy (non-hydrogen) atoms. The van der Waals surface area contributed by atoms with Crippen molar-refractivity contribution >= 4 is 57.7 Å². The van der Waals surface area contributed by atoms with Gasteiger partial charge in [-0.2, -0.15) is 0 Å².